The molecule has 0 aromatic carbocycles. The molecular weight excluding hydrogens is 324 g/mol. The molecule has 2 saturated carbocycles. The van der Waals surface area contributed by atoms with Crippen molar-refractivity contribution in [1.29, 1.82) is 0 Å². The molecule has 3 rings (SSSR count). The van der Waals surface area contributed by atoms with Crippen LogP contribution in [0.15, 0.2) is 12.2 Å². The molecule has 0 unspecified atom stereocenters. The molecule has 1 heterocycles. The van der Waals surface area contributed by atoms with E-state index in [0.29, 0.717) is 12.8 Å². The van der Waals surface area contributed by atoms with E-state index in [0.717, 1.165) is 25.7 Å². The van der Waals surface area contributed by atoms with Crippen molar-refractivity contribution in [2.24, 2.45) is 11.3 Å². The molecule has 6 nitrogen and oxygen atoms in total. The fourth-order valence-electron chi connectivity index (χ4n) is 4.67. The lowest BCUT2D eigenvalue weighted by molar-refractivity contribution is -0.169. The summed E-state index contributed by atoms with van der Waals surface area (Å²) < 4.78 is 15.5. The number of hydrogen-bond donors (Lipinski definition) is 0. The van der Waals surface area contributed by atoms with Crippen LogP contribution in [-0.2, 0) is 28.6 Å². The van der Waals surface area contributed by atoms with Crippen LogP contribution in [0.1, 0.15) is 51.4 Å². The Labute approximate surface area is 147 Å². The quantitative estimate of drug-likeness (QED) is 0.442. The largest absolute Gasteiger partial charge is 0.468 e. The van der Waals surface area contributed by atoms with E-state index in [1.165, 1.54) is 27.1 Å². The molecule has 2 aliphatic carbocycles. The molecule has 0 bridgehead atoms. The van der Waals surface area contributed by atoms with Crippen LogP contribution in [0.3, 0.4) is 0 Å². The number of ketones is 1. The third-order valence-electron chi connectivity index (χ3n) is 5.95. The fourth-order valence-corrected chi connectivity index (χ4v) is 4.67. The fraction of sp³-hybridized carbons (Fsp3) is 0.737. The highest BCUT2D eigenvalue weighted by atomic mass is 16.6. The number of rotatable bonds is 3. The third-order valence-corrected chi connectivity index (χ3v) is 5.95. The van der Waals surface area contributed by atoms with Crippen molar-refractivity contribution in [3.63, 3.8) is 0 Å². The first-order chi connectivity index (χ1) is 12.0. The minimum absolute atomic E-state index is 0.00115. The molecule has 0 aromatic heterocycles. The molecule has 25 heavy (non-hydrogen) atoms. The first-order valence-electron chi connectivity index (χ1n) is 9.01. The number of Topliss-reactive ketones (excluding diaryl/α,β-unsaturated/α-hetero) is 1. The Hall–Kier alpha value is -1.69. The summed E-state index contributed by atoms with van der Waals surface area (Å²) in [6, 6.07) is 0. The normalized spacial score (nSPS) is 30.8. The minimum atomic E-state index is -1.20. The summed E-state index contributed by atoms with van der Waals surface area (Å²) in [4.78, 5) is 36.8. The summed E-state index contributed by atoms with van der Waals surface area (Å²) in [6.07, 6.45) is 10.5. The van der Waals surface area contributed by atoms with Crippen LogP contribution in [-0.4, -0.2) is 43.6 Å². The highest BCUT2D eigenvalue weighted by Gasteiger charge is 2.57. The summed E-state index contributed by atoms with van der Waals surface area (Å²) in [6.45, 7) is 0. The molecule has 0 saturated heterocycles. The number of carbonyl (C=O) groups excluding carboxylic acids is 3. The number of ether oxygens (including phenoxy) is 3. The number of hydrogen-bond acceptors (Lipinski definition) is 6. The average Bonchev–Trinajstić information content (AvgIpc) is 3.03. The molecular formula is C19H26O6. The van der Waals surface area contributed by atoms with E-state index >= 15 is 0 Å². The van der Waals surface area contributed by atoms with Gasteiger partial charge in [0.2, 0.25) is 0 Å². The Balaban J connectivity index is 1.79. The second-order valence-electron chi connectivity index (χ2n) is 7.55. The Morgan fingerprint density at radius 2 is 1.72 bits per heavy atom. The van der Waals surface area contributed by atoms with Crippen LogP contribution in [0.5, 0.6) is 0 Å². The van der Waals surface area contributed by atoms with Gasteiger partial charge in [0.25, 0.3) is 0 Å². The van der Waals surface area contributed by atoms with Crippen molar-refractivity contribution in [2.45, 2.75) is 63.1 Å². The standard InChI is InChI=1S/C19H26O6/c1-23-16(21)15(17(22)24-2)13-7-10-19(25-13)12-18(11-14(19)20)8-5-3-4-6-9-18/h7,10,13,15H,3-6,8-9,11-12H2,1-2H3/t13-,19-/m0/s1. The summed E-state index contributed by atoms with van der Waals surface area (Å²) in [5, 5.41) is 0. The molecule has 0 radical (unpaired) electrons. The lowest BCUT2D eigenvalue weighted by Gasteiger charge is -2.30. The minimum Gasteiger partial charge on any atom is -0.468 e. The number of carbonyl (C=O) groups is 3. The van der Waals surface area contributed by atoms with Crippen LogP contribution in [0.25, 0.3) is 0 Å². The monoisotopic (exact) mass is 350 g/mol. The van der Waals surface area contributed by atoms with Gasteiger partial charge < -0.3 is 14.2 Å². The Bertz CT molecular complexity index is 571. The van der Waals surface area contributed by atoms with Gasteiger partial charge in [0.1, 0.15) is 11.7 Å². The zero-order valence-electron chi connectivity index (χ0n) is 14.9. The zero-order chi connectivity index (χ0) is 18.1. The molecule has 0 amide bonds. The van der Waals surface area contributed by atoms with Crippen molar-refractivity contribution in [3.8, 4) is 0 Å². The van der Waals surface area contributed by atoms with Crippen molar-refractivity contribution in [1.82, 2.24) is 0 Å². The molecule has 2 atom stereocenters. The van der Waals surface area contributed by atoms with Gasteiger partial charge in [-0.15, -0.1) is 0 Å². The maximum Gasteiger partial charge on any atom is 0.323 e. The maximum atomic E-state index is 12.8. The van der Waals surface area contributed by atoms with Crippen LogP contribution in [0.4, 0.5) is 0 Å². The van der Waals surface area contributed by atoms with Crippen molar-refractivity contribution >= 4 is 17.7 Å². The highest BCUT2D eigenvalue weighted by Crippen LogP contribution is 2.54. The van der Waals surface area contributed by atoms with Gasteiger partial charge in [0.15, 0.2) is 11.7 Å². The van der Waals surface area contributed by atoms with E-state index in [1.54, 1.807) is 12.2 Å². The Kier molecular flexibility index (Phi) is 5.00. The third kappa shape index (κ3) is 3.24. The van der Waals surface area contributed by atoms with Crippen molar-refractivity contribution < 1.29 is 28.6 Å². The van der Waals surface area contributed by atoms with Gasteiger partial charge in [-0.25, -0.2) is 0 Å². The predicted molar refractivity (Wildman–Crippen MR) is 88.6 cm³/mol. The predicted octanol–water partition coefficient (Wildman–Crippen LogP) is 2.35. The molecule has 138 valence electrons. The van der Waals surface area contributed by atoms with E-state index in [4.69, 9.17) is 14.2 Å². The van der Waals surface area contributed by atoms with E-state index in [2.05, 4.69) is 0 Å². The second kappa shape index (κ2) is 6.90. The average molecular weight is 350 g/mol. The van der Waals surface area contributed by atoms with Crippen molar-refractivity contribution in [2.75, 3.05) is 14.2 Å². The Morgan fingerprint density at radius 1 is 1.12 bits per heavy atom. The molecule has 2 spiro atoms. The highest BCUT2D eigenvalue weighted by molar-refractivity contribution is 5.97. The van der Waals surface area contributed by atoms with E-state index in [9.17, 15) is 14.4 Å². The first-order valence-corrected chi connectivity index (χ1v) is 9.01. The van der Waals surface area contributed by atoms with Gasteiger partial charge in [-0.05, 0) is 30.8 Å². The van der Waals surface area contributed by atoms with Gasteiger partial charge in [-0.3, -0.25) is 14.4 Å². The van der Waals surface area contributed by atoms with Crippen molar-refractivity contribution in [3.05, 3.63) is 12.2 Å². The summed E-state index contributed by atoms with van der Waals surface area (Å²) in [5.74, 6) is -2.58. The van der Waals surface area contributed by atoms with Crippen LogP contribution >= 0.6 is 0 Å². The van der Waals surface area contributed by atoms with Gasteiger partial charge in [-0.1, -0.05) is 31.8 Å². The van der Waals surface area contributed by atoms with E-state index in [1.807, 2.05) is 0 Å². The lowest BCUT2D eigenvalue weighted by Crippen LogP contribution is -2.41. The first kappa shape index (κ1) is 18.1. The second-order valence-corrected chi connectivity index (χ2v) is 7.55. The molecule has 6 heteroatoms. The summed E-state index contributed by atoms with van der Waals surface area (Å²) >= 11 is 0. The van der Waals surface area contributed by atoms with Crippen LogP contribution < -0.4 is 0 Å². The molecule has 0 N–H and O–H groups in total. The molecule has 2 fully saturated rings. The smallest absolute Gasteiger partial charge is 0.323 e. The van der Waals surface area contributed by atoms with Gasteiger partial charge in [0.05, 0.1) is 14.2 Å². The van der Waals surface area contributed by atoms with Crippen LogP contribution in [0.2, 0.25) is 0 Å². The van der Waals surface area contributed by atoms with E-state index < -0.39 is 29.6 Å². The molecule has 1 aliphatic heterocycles. The molecule has 0 aromatic rings. The maximum absolute atomic E-state index is 12.8. The lowest BCUT2D eigenvalue weighted by atomic mass is 9.78. The summed E-state index contributed by atoms with van der Waals surface area (Å²) in [7, 11) is 2.43. The summed E-state index contributed by atoms with van der Waals surface area (Å²) in [5.41, 5.74) is -1.01. The van der Waals surface area contributed by atoms with Gasteiger partial charge in [-0.2, -0.15) is 0 Å². The van der Waals surface area contributed by atoms with Crippen LogP contribution in [0, 0.1) is 11.3 Å². The van der Waals surface area contributed by atoms with Gasteiger partial charge >= 0.3 is 11.9 Å². The number of methoxy groups -OCH3 is 2. The van der Waals surface area contributed by atoms with E-state index in [-0.39, 0.29) is 11.2 Å². The molecule has 3 aliphatic rings. The topological polar surface area (TPSA) is 78.9 Å². The Morgan fingerprint density at radius 3 is 2.28 bits per heavy atom. The SMILES string of the molecule is COC(=O)C(C(=O)OC)[C@@H]1C=C[C@@]2(CC3(CCCCCC3)CC2=O)O1. The van der Waals surface area contributed by atoms with Gasteiger partial charge in [0, 0.05) is 6.42 Å². The number of esters is 2. The zero-order valence-corrected chi connectivity index (χ0v) is 14.9.